The lowest BCUT2D eigenvalue weighted by Crippen LogP contribution is -2.16. The molecule has 0 spiro atoms. The molecule has 0 saturated carbocycles. The van der Waals surface area contributed by atoms with Crippen molar-refractivity contribution >= 4 is 0 Å². The molecule has 0 fully saturated rings. The lowest BCUT2D eigenvalue weighted by atomic mass is 10.1. The Bertz CT molecular complexity index is 557. The number of aryl methyl sites for hydroxylation is 1. The molecule has 0 saturated heterocycles. The maximum atomic E-state index is 12.6. The molecule has 2 aromatic rings. The van der Waals surface area contributed by atoms with Crippen LogP contribution in [-0.2, 0) is 13.1 Å². The van der Waals surface area contributed by atoms with Crippen LogP contribution in [0.1, 0.15) is 18.1 Å². The molecule has 0 aliphatic rings. The fraction of sp³-hybridized carbons (Fsp3) is 0.214. The molecule has 0 aliphatic carbocycles. The lowest BCUT2D eigenvalue weighted by molar-refractivity contribution is 0.483. The van der Waals surface area contributed by atoms with E-state index in [9.17, 15) is 9.18 Å². The predicted octanol–water partition coefficient (Wildman–Crippen LogP) is 2.87. The monoisotopic (exact) mass is 231 g/mol. The molecule has 1 aromatic heterocycles. The van der Waals surface area contributed by atoms with Crippen molar-refractivity contribution in [1.29, 1.82) is 0 Å². The van der Waals surface area contributed by atoms with Gasteiger partial charge in [-0.2, -0.15) is 0 Å². The van der Waals surface area contributed by atoms with Crippen molar-refractivity contribution in [3.8, 4) is 5.69 Å². The minimum atomic E-state index is -0.562. The van der Waals surface area contributed by atoms with Crippen molar-refractivity contribution in [2.75, 3.05) is 0 Å². The Morgan fingerprint density at radius 1 is 1.06 bits per heavy atom. The molecule has 2 nitrogen and oxygen atoms in total. The van der Waals surface area contributed by atoms with Gasteiger partial charge in [0, 0.05) is 18.0 Å². The summed E-state index contributed by atoms with van der Waals surface area (Å²) in [6.07, 6.45) is 2.50. The van der Waals surface area contributed by atoms with E-state index in [0.717, 1.165) is 12.1 Å². The minimum absolute atomic E-state index is 0.147. The third-order valence-corrected chi connectivity index (χ3v) is 2.75. The molecule has 0 aliphatic heterocycles. The molecule has 88 valence electrons. The van der Waals surface area contributed by atoms with Crippen molar-refractivity contribution in [2.24, 2.45) is 0 Å². The van der Waals surface area contributed by atoms with Gasteiger partial charge in [-0.3, -0.25) is 9.36 Å². The van der Waals surface area contributed by atoms with Crippen LogP contribution in [0.4, 0.5) is 4.39 Å². The average Bonchev–Trinajstić information content (AvgIpc) is 2.39. The summed E-state index contributed by atoms with van der Waals surface area (Å²) in [6, 6.07) is 10.6. The summed E-state index contributed by atoms with van der Waals surface area (Å²) in [4.78, 5) is 11.7. The predicted molar refractivity (Wildman–Crippen MR) is 66.2 cm³/mol. The van der Waals surface area contributed by atoms with Crippen LogP contribution in [0.25, 0.3) is 5.69 Å². The summed E-state index contributed by atoms with van der Waals surface area (Å²) in [6.45, 7) is 1.51. The summed E-state index contributed by atoms with van der Waals surface area (Å²) >= 11 is 0. The van der Waals surface area contributed by atoms with Crippen LogP contribution < -0.4 is 5.56 Å². The molecule has 17 heavy (non-hydrogen) atoms. The third-order valence-electron chi connectivity index (χ3n) is 2.75. The van der Waals surface area contributed by atoms with Gasteiger partial charge >= 0.3 is 0 Å². The highest BCUT2D eigenvalue weighted by Crippen LogP contribution is 2.09. The Balaban J connectivity index is 2.47. The summed E-state index contributed by atoms with van der Waals surface area (Å²) in [5, 5.41) is 0. The molecule has 0 atom stereocenters. The number of rotatable bonds is 3. The van der Waals surface area contributed by atoms with Crippen LogP contribution in [-0.4, -0.2) is 4.57 Å². The fourth-order valence-corrected chi connectivity index (χ4v) is 1.70. The Labute approximate surface area is 99.3 Å². The van der Waals surface area contributed by atoms with E-state index in [1.807, 2.05) is 24.3 Å². The van der Waals surface area contributed by atoms with Gasteiger partial charge in [0.2, 0.25) is 0 Å². The van der Waals surface area contributed by atoms with E-state index in [0.29, 0.717) is 5.56 Å². The normalized spacial score (nSPS) is 10.5. The van der Waals surface area contributed by atoms with Crippen LogP contribution >= 0.6 is 0 Å². The van der Waals surface area contributed by atoms with E-state index in [1.54, 1.807) is 6.20 Å². The van der Waals surface area contributed by atoms with Gasteiger partial charge in [-0.15, -0.1) is 0 Å². The van der Waals surface area contributed by atoms with E-state index in [1.165, 1.54) is 22.3 Å². The number of halogens is 1. The zero-order chi connectivity index (χ0) is 12.3. The van der Waals surface area contributed by atoms with Crippen molar-refractivity contribution in [2.45, 2.75) is 20.0 Å². The molecule has 1 heterocycles. The SMILES string of the molecule is CCc1ccc(-n2cc(CF)ccc2=O)cc1. The summed E-state index contributed by atoms with van der Waals surface area (Å²) < 4.78 is 14.0. The second-order valence-electron chi connectivity index (χ2n) is 3.90. The molecule has 0 amide bonds. The number of aromatic nitrogens is 1. The number of hydrogen-bond donors (Lipinski definition) is 0. The molecule has 2 rings (SSSR count). The molecule has 3 heteroatoms. The maximum absolute atomic E-state index is 12.6. The number of nitrogens with zero attached hydrogens (tertiary/aromatic N) is 1. The zero-order valence-electron chi connectivity index (χ0n) is 9.69. The first-order valence-electron chi connectivity index (χ1n) is 5.61. The van der Waals surface area contributed by atoms with E-state index in [2.05, 4.69) is 6.92 Å². The number of hydrogen-bond acceptors (Lipinski definition) is 1. The first-order valence-corrected chi connectivity index (χ1v) is 5.61. The van der Waals surface area contributed by atoms with Gasteiger partial charge in [0.25, 0.3) is 5.56 Å². The topological polar surface area (TPSA) is 22.0 Å². The number of benzene rings is 1. The van der Waals surface area contributed by atoms with Gasteiger partial charge in [-0.05, 0) is 35.7 Å². The van der Waals surface area contributed by atoms with Crippen molar-refractivity contribution in [1.82, 2.24) is 4.57 Å². The Kier molecular flexibility index (Phi) is 3.38. The molecule has 0 bridgehead atoms. The number of pyridine rings is 1. The van der Waals surface area contributed by atoms with Gasteiger partial charge in [-0.25, -0.2) is 4.39 Å². The molecule has 0 N–H and O–H groups in total. The number of alkyl halides is 1. The van der Waals surface area contributed by atoms with E-state index in [4.69, 9.17) is 0 Å². The highest BCUT2D eigenvalue weighted by Gasteiger charge is 2.01. The fourth-order valence-electron chi connectivity index (χ4n) is 1.70. The molecular formula is C14H14FNO. The van der Waals surface area contributed by atoms with E-state index in [-0.39, 0.29) is 5.56 Å². The molecule has 0 unspecified atom stereocenters. The third kappa shape index (κ3) is 2.44. The van der Waals surface area contributed by atoms with E-state index >= 15 is 0 Å². The molecular weight excluding hydrogens is 217 g/mol. The smallest absolute Gasteiger partial charge is 0.255 e. The quantitative estimate of drug-likeness (QED) is 0.796. The Hall–Kier alpha value is -1.90. The summed E-state index contributed by atoms with van der Waals surface area (Å²) in [5.74, 6) is 0. The second kappa shape index (κ2) is 4.95. The van der Waals surface area contributed by atoms with Gasteiger partial charge in [0.05, 0.1) is 0 Å². The standard InChI is InChI=1S/C14H14FNO/c1-2-11-3-6-13(7-4-11)16-10-12(9-15)5-8-14(16)17/h3-8,10H,2,9H2,1H3. The van der Waals surface area contributed by atoms with Crippen LogP contribution in [0.3, 0.4) is 0 Å². The second-order valence-corrected chi connectivity index (χ2v) is 3.90. The Morgan fingerprint density at radius 3 is 2.29 bits per heavy atom. The van der Waals surface area contributed by atoms with Crippen LogP contribution in [0.2, 0.25) is 0 Å². The summed E-state index contributed by atoms with van der Waals surface area (Å²) in [7, 11) is 0. The van der Waals surface area contributed by atoms with Crippen LogP contribution in [0.5, 0.6) is 0 Å². The van der Waals surface area contributed by atoms with Gasteiger partial charge < -0.3 is 0 Å². The van der Waals surface area contributed by atoms with Gasteiger partial charge in [0.15, 0.2) is 0 Å². The van der Waals surface area contributed by atoms with Crippen LogP contribution in [0, 0.1) is 0 Å². The lowest BCUT2D eigenvalue weighted by Gasteiger charge is -2.07. The highest BCUT2D eigenvalue weighted by molar-refractivity contribution is 5.35. The highest BCUT2D eigenvalue weighted by atomic mass is 19.1. The molecule has 0 radical (unpaired) electrons. The minimum Gasteiger partial charge on any atom is -0.284 e. The van der Waals surface area contributed by atoms with Gasteiger partial charge in [-0.1, -0.05) is 19.1 Å². The first kappa shape index (κ1) is 11.6. The zero-order valence-corrected chi connectivity index (χ0v) is 9.69. The van der Waals surface area contributed by atoms with Crippen molar-refractivity contribution < 1.29 is 4.39 Å². The largest absolute Gasteiger partial charge is 0.284 e. The maximum Gasteiger partial charge on any atom is 0.255 e. The van der Waals surface area contributed by atoms with Crippen molar-refractivity contribution in [3.05, 3.63) is 64.1 Å². The van der Waals surface area contributed by atoms with E-state index < -0.39 is 6.67 Å². The van der Waals surface area contributed by atoms with Gasteiger partial charge in [0.1, 0.15) is 6.67 Å². The Morgan fingerprint density at radius 2 is 1.71 bits per heavy atom. The van der Waals surface area contributed by atoms with Crippen LogP contribution in [0.15, 0.2) is 47.4 Å². The average molecular weight is 231 g/mol. The summed E-state index contributed by atoms with van der Waals surface area (Å²) in [5.41, 5.74) is 2.33. The molecule has 1 aromatic carbocycles. The van der Waals surface area contributed by atoms with Crippen molar-refractivity contribution in [3.63, 3.8) is 0 Å². The first-order chi connectivity index (χ1) is 8.24.